The molecule has 16 heavy (non-hydrogen) atoms. The molecule has 2 heterocycles. The van der Waals surface area contributed by atoms with Crippen molar-refractivity contribution in [3.8, 4) is 0 Å². The number of hydrogen-bond donors (Lipinski definition) is 3. The lowest BCUT2D eigenvalue weighted by Crippen LogP contribution is -2.15. The first-order valence-corrected chi connectivity index (χ1v) is 5.94. The molecule has 2 rings (SSSR count). The second kappa shape index (κ2) is 4.63. The van der Waals surface area contributed by atoms with Crippen molar-refractivity contribution in [1.82, 2.24) is 9.97 Å². The average molecular weight is 238 g/mol. The van der Waals surface area contributed by atoms with Crippen molar-refractivity contribution < 1.29 is 5.11 Å². The Morgan fingerprint density at radius 2 is 2.38 bits per heavy atom. The lowest BCUT2D eigenvalue weighted by molar-refractivity contribution is 0.244. The van der Waals surface area contributed by atoms with Gasteiger partial charge in [0.05, 0.1) is 5.39 Å². The zero-order valence-electron chi connectivity index (χ0n) is 8.97. The number of aromatic nitrogens is 2. The molecular weight excluding hydrogens is 224 g/mol. The van der Waals surface area contributed by atoms with Crippen LogP contribution in [0.1, 0.15) is 6.92 Å². The first-order chi connectivity index (χ1) is 7.70. The molecule has 2 aromatic heterocycles. The van der Waals surface area contributed by atoms with Crippen molar-refractivity contribution in [2.24, 2.45) is 5.92 Å². The molecule has 1 unspecified atom stereocenters. The molecule has 0 aliphatic rings. The van der Waals surface area contributed by atoms with E-state index >= 15 is 0 Å². The summed E-state index contributed by atoms with van der Waals surface area (Å²) in [4.78, 5) is 9.18. The van der Waals surface area contributed by atoms with Crippen molar-refractivity contribution in [1.29, 1.82) is 0 Å². The summed E-state index contributed by atoms with van der Waals surface area (Å²) < 4.78 is 0. The lowest BCUT2D eigenvalue weighted by atomic mass is 10.2. The predicted molar refractivity (Wildman–Crippen MR) is 66.6 cm³/mol. The molecule has 0 saturated heterocycles. The Balaban J connectivity index is 2.25. The summed E-state index contributed by atoms with van der Waals surface area (Å²) in [5.41, 5.74) is 5.62. The summed E-state index contributed by atoms with van der Waals surface area (Å²) in [6.07, 6.45) is 0. The fourth-order valence-corrected chi connectivity index (χ4v) is 2.11. The number of anilines is 2. The molecule has 0 amide bonds. The van der Waals surface area contributed by atoms with E-state index in [9.17, 15) is 0 Å². The van der Waals surface area contributed by atoms with Gasteiger partial charge in [-0.3, -0.25) is 0 Å². The quantitative estimate of drug-likeness (QED) is 0.748. The Labute approximate surface area is 97.3 Å². The summed E-state index contributed by atoms with van der Waals surface area (Å²) in [6, 6.07) is 1.96. The third kappa shape index (κ3) is 2.23. The molecule has 6 heteroatoms. The topological polar surface area (TPSA) is 84.1 Å². The van der Waals surface area contributed by atoms with Crippen LogP contribution in [0.3, 0.4) is 0 Å². The van der Waals surface area contributed by atoms with Gasteiger partial charge in [-0.05, 0) is 17.4 Å². The van der Waals surface area contributed by atoms with Crippen LogP contribution in [0.5, 0.6) is 0 Å². The van der Waals surface area contributed by atoms with Crippen molar-refractivity contribution in [3.05, 3.63) is 11.4 Å². The zero-order chi connectivity index (χ0) is 11.5. The van der Waals surface area contributed by atoms with Gasteiger partial charge in [0.15, 0.2) is 0 Å². The smallest absolute Gasteiger partial charge is 0.223 e. The van der Waals surface area contributed by atoms with Gasteiger partial charge < -0.3 is 16.2 Å². The van der Waals surface area contributed by atoms with Gasteiger partial charge in [0, 0.05) is 13.2 Å². The number of rotatable bonds is 4. The zero-order valence-corrected chi connectivity index (χ0v) is 9.79. The Hall–Kier alpha value is -1.40. The standard InChI is InChI=1S/C10H14N4OS/c1-6(5-15)4-12-8-7-2-3-16-9(7)14-10(11)13-8/h2-3,6,15H,4-5H2,1H3,(H3,11,12,13,14). The van der Waals surface area contributed by atoms with E-state index in [0.29, 0.717) is 6.54 Å². The van der Waals surface area contributed by atoms with E-state index in [1.54, 1.807) is 0 Å². The average Bonchev–Trinajstić information content (AvgIpc) is 2.73. The van der Waals surface area contributed by atoms with Crippen LogP contribution in [-0.2, 0) is 0 Å². The third-order valence-electron chi connectivity index (χ3n) is 2.27. The van der Waals surface area contributed by atoms with E-state index in [1.165, 1.54) is 11.3 Å². The fraction of sp³-hybridized carbons (Fsp3) is 0.400. The Bertz CT molecular complexity index is 485. The van der Waals surface area contributed by atoms with Crippen LogP contribution in [0.4, 0.5) is 11.8 Å². The van der Waals surface area contributed by atoms with Gasteiger partial charge >= 0.3 is 0 Å². The van der Waals surface area contributed by atoms with Gasteiger partial charge in [-0.1, -0.05) is 6.92 Å². The molecule has 0 radical (unpaired) electrons. The van der Waals surface area contributed by atoms with E-state index in [4.69, 9.17) is 10.8 Å². The Kier molecular flexibility index (Phi) is 3.21. The number of hydrogen-bond acceptors (Lipinski definition) is 6. The van der Waals surface area contributed by atoms with Gasteiger partial charge in [0.2, 0.25) is 5.95 Å². The lowest BCUT2D eigenvalue weighted by Gasteiger charge is -2.11. The van der Waals surface area contributed by atoms with Crippen LogP contribution >= 0.6 is 11.3 Å². The van der Waals surface area contributed by atoms with Crippen LogP contribution in [0.25, 0.3) is 10.2 Å². The largest absolute Gasteiger partial charge is 0.396 e. The van der Waals surface area contributed by atoms with Crippen molar-refractivity contribution in [3.63, 3.8) is 0 Å². The second-order valence-corrected chi connectivity index (χ2v) is 4.63. The van der Waals surface area contributed by atoms with Gasteiger partial charge in [0.25, 0.3) is 0 Å². The number of fused-ring (bicyclic) bond motifs is 1. The molecule has 86 valence electrons. The summed E-state index contributed by atoms with van der Waals surface area (Å²) in [5, 5.41) is 15.1. The normalized spacial score (nSPS) is 12.9. The summed E-state index contributed by atoms with van der Waals surface area (Å²) in [5.74, 6) is 1.20. The summed E-state index contributed by atoms with van der Waals surface area (Å²) in [6.45, 7) is 2.78. The maximum Gasteiger partial charge on any atom is 0.223 e. The maximum absolute atomic E-state index is 8.95. The minimum absolute atomic E-state index is 0.153. The first kappa shape index (κ1) is 11.1. The fourth-order valence-electron chi connectivity index (χ4n) is 1.34. The Morgan fingerprint density at radius 3 is 3.12 bits per heavy atom. The molecule has 0 aliphatic heterocycles. The molecule has 0 spiro atoms. The maximum atomic E-state index is 8.95. The molecule has 0 aliphatic carbocycles. The first-order valence-electron chi connectivity index (χ1n) is 5.06. The number of nitrogen functional groups attached to an aromatic ring is 1. The highest BCUT2D eigenvalue weighted by Crippen LogP contribution is 2.25. The van der Waals surface area contributed by atoms with Crippen LogP contribution in [0, 0.1) is 5.92 Å². The highest BCUT2D eigenvalue weighted by atomic mass is 32.1. The third-order valence-corrected chi connectivity index (χ3v) is 3.08. The van der Waals surface area contributed by atoms with E-state index in [2.05, 4.69) is 15.3 Å². The summed E-state index contributed by atoms with van der Waals surface area (Å²) in [7, 11) is 0. The van der Waals surface area contributed by atoms with Crippen LogP contribution in [0.15, 0.2) is 11.4 Å². The minimum atomic E-state index is 0.153. The SMILES string of the molecule is CC(CO)CNc1nc(N)nc2sccc12. The number of nitrogens with one attached hydrogen (secondary N) is 1. The van der Waals surface area contributed by atoms with E-state index in [-0.39, 0.29) is 18.5 Å². The number of thiophene rings is 1. The van der Waals surface area contributed by atoms with E-state index in [1.807, 2.05) is 18.4 Å². The van der Waals surface area contributed by atoms with E-state index in [0.717, 1.165) is 16.0 Å². The molecule has 0 fully saturated rings. The van der Waals surface area contributed by atoms with Crippen LogP contribution in [-0.4, -0.2) is 28.2 Å². The number of aliphatic hydroxyl groups is 1. The molecule has 0 saturated carbocycles. The number of nitrogens with zero attached hydrogens (tertiary/aromatic N) is 2. The second-order valence-electron chi connectivity index (χ2n) is 3.74. The predicted octanol–water partition coefficient (Wildman–Crippen LogP) is 1.31. The van der Waals surface area contributed by atoms with Gasteiger partial charge in [0.1, 0.15) is 10.6 Å². The molecule has 1 atom stereocenters. The molecule has 0 aromatic carbocycles. The minimum Gasteiger partial charge on any atom is -0.396 e. The molecule has 2 aromatic rings. The van der Waals surface area contributed by atoms with Gasteiger partial charge in [-0.25, -0.2) is 4.98 Å². The monoisotopic (exact) mass is 238 g/mol. The van der Waals surface area contributed by atoms with Crippen molar-refractivity contribution >= 4 is 33.3 Å². The van der Waals surface area contributed by atoms with Crippen LogP contribution in [0.2, 0.25) is 0 Å². The Morgan fingerprint density at radius 1 is 1.56 bits per heavy atom. The van der Waals surface area contributed by atoms with E-state index < -0.39 is 0 Å². The highest BCUT2D eigenvalue weighted by molar-refractivity contribution is 7.16. The van der Waals surface area contributed by atoms with Gasteiger partial charge in [-0.15, -0.1) is 11.3 Å². The number of aliphatic hydroxyl groups excluding tert-OH is 1. The highest BCUT2D eigenvalue weighted by Gasteiger charge is 2.08. The molecular formula is C10H14N4OS. The van der Waals surface area contributed by atoms with Crippen molar-refractivity contribution in [2.45, 2.75) is 6.92 Å². The van der Waals surface area contributed by atoms with Crippen molar-refractivity contribution in [2.75, 3.05) is 24.2 Å². The molecule has 4 N–H and O–H groups in total. The molecule has 0 bridgehead atoms. The number of nitrogens with two attached hydrogens (primary N) is 1. The summed E-state index contributed by atoms with van der Waals surface area (Å²) >= 11 is 1.54. The van der Waals surface area contributed by atoms with Crippen LogP contribution < -0.4 is 11.1 Å². The van der Waals surface area contributed by atoms with Gasteiger partial charge in [-0.2, -0.15) is 4.98 Å². The molecule has 5 nitrogen and oxygen atoms in total.